The number of hydrogen-bond acceptors (Lipinski definition) is 8. The predicted octanol–water partition coefficient (Wildman–Crippen LogP) is -1.40. The molecule has 0 fully saturated rings. The van der Waals surface area contributed by atoms with Crippen LogP contribution in [0.3, 0.4) is 0 Å². The number of nitrogens with one attached hydrogen (secondary N) is 1. The van der Waals surface area contributed by atoms with Gasteiger partial charge < -0.3 is 20.7 Å². The van der Waals surface area contributed by atoms with Crippen molar-refractivity contribution in [2.75, 3.05) is 0 Å². The van der Waals surface area contributed by atoms with Crippen LogP contribution in [0, 0.1) is 0 Å². The van der Waals surface area contributed by atoms with Crippen molar-refractivity contribution in [1.82, 2.24) is 5.48 Å². The van der Waals surface area contributed by atoms with Crippen LogP contribution in [-0.2, 0) is 23.9 Å². The summed E-state index contributed by atoms with van der Waals surface area (Å²) in [5, 5.41) is 25.5. The average Bonchev–Trinajstić information content (AvgIpc) is 2.41. The highest BCUT2D eigenvalue weighted by Gasteiger charge is 2.32. The van der Waals surface area contributed by atoms with E-state index in [2.05, 4.69) is 0 Å². The van der Waals surface area contributed by atoms with Gasteiger partial charge in [-0.1, -0.05) is 0 Å². The van der Waals surface area contributed by atoms with Crippen LogP contribution in [0.2, 0.25) is 0 Å². The van der Waals surface area contributed by atoms with E-state index in [4.69, 9.17) is 31.6 Å². The molecule has 0 rings (SSSR count). The fourth-order valence-corrected chi connectivity index (χ4v) is 1.08. The first-order chi connectivity index (χ1) is 10.7. The average molecular weight is 351 g/mol. The van der Waals surface area contributed by atoms with E-state index < -0.39 is 35.1 Å². The van der Waals surface area contributed by atoms with Crippen molar-refractivity contribution in [2.24, 2.45) is 11.5 Å². The summed E-state index contributed by atoms with van der Waals surface area (Å²) in [6.07, 6.45) is -0.716. The van der Waals surface area contributed by atoms with E-state index in [1.54, 1.807) is 20.8 Å². The van der Waals surface area contributed by atoms with Crippen molar-refractivity contribution in [2.45, 2.75) is 57.8 Å². The number of ether oxygens (including phenoxy) is 1. The number of carboxylic acids is 1. The van der Waals surface area contributed by atoms with Crippen LogP contribution in [-0.4, -0.2) is 50.5 Å². The number of primary amides is 1. The maximum atomic E-state index is 11.1. The van der Waals surface area contributed by atoms with Crippen LogP contribution in [0.5, 0.6) is 0 Å². The Morgan fingerprint density at radius 1 is 1.08 bits per heavy atom. The van der Waals surface area contributed by atoms with E-state index in [-0.39, 0.29) is 25.7 Å². The Bertz CT molecular complexity index is 457. The maximum absolute atomic E-state index is 11.1. The van der Waals surface area contributed by atoms with Crippen molar-refractivity contribution in [3.63, 3.8) is 0 Å². The number of aliphatic carboxylic acids is 1. The number of amides is 2. The van der Waals surface area contributed by atoms with Gasteiger partial charge in [-0.05, 0) is 20.8 Å². The quantitative estimate of drug-likeness (QED) is 0.138. The van der Waals surface area contributed by atoms with Gasteiger partial charge in [0.2, 0.25) is 17.5 Å². The molecule has 1 unspecified atom stereocenters. The molecule has 0 radical (unpaired) electrons. The van der Waals surface area contributed by atoms with E-state index >= 15 is 0 Å². The summed E-state index contributed by atoms with van der Waals surface area (Å²) >= 11 is 0. The molecular weight excluding hydrogens is 326 g/mol. The predicted molar refractivity (Wildman–Crippen MR) is 80.2 cm³/mol. The molecule has 11 nitrogen and oxygen atoms in total. The monoisotopic (exact) mass is 351 g/mol. The molecule has 0 aromatic rings. The maximum Gasteiger partial charge on any atom is 0.351 e. The Morgan fingerprint density at radius 3 is 1.92 bits per heavy atom. The molecule has 0 aliphatic heterocycles. The lowest BCUT2D eigenvalue weighted by Gasteiger charge is -2.21. The summed E-state index contributed by atoms with van der Waals surface area (Å²) in [5.74, 6) is -3.31. The number of nitrogens with two attached hydrogens (primary N) is 2. The van der Waals surface area contributed by atoms with Crippen molar-refractivity contribution in [3.8, 4) is 0 Å². The van der Waals surface area contributed by atoms with E-state index in [1.165, 1.54) is 5.48 Å². The van der Waals surface area contributed by atoms with Crippen molar-refractivity contribution in [3.05, 3.63) is 0 Å². The summed E-state index contributed by atoms with van der Waals surface area (Å²) in [7, 11) is 0. The molecule has 24 heavy (non-hydrogen) atoms. The standard InChI is InChI=1S/C9H17NO5.C4H8N2O3/c1-8(2,3)15-6(11)4-5-9(10,14)7(12)13;5-3(7)1-2-4(8)6-9/h14H,4-5,10H2,1-3H3,(H,12,13);9H,1-2H2,(H2,5,7)(H,6,8). The summed E-state index contributed by atoms with van der Waals surface area (Å²) in [6.45, 7) is 5.07. The first-order valence-corrected chi connectivity index (χ1v) is 6.89. The molecule has 0 aliphatic rings. The highest BCUT2D eigenvalue weighted by Crippen LogP contribution is 2.12. The normalized spacial score (nSPS) is 12.9. The van der Waals surface area contributed by atoms with Gasteiger partial charge in [0.25, 0.3) is 0 Å². The molecule has 0 heterocycles. The van der Waals surface area contributed by atoms with E-state index in [9.17, 15) is 19.2 Å². The Morgan fingerprint density at radius 2 is 1.58 bits per heavy atom. The van der Waals surface area contributed by atoms with E-state index in [0.717, 1.165) is 0 Å². The third-order valence-electron chi connectivity index (χ3n) is 2.22. The van der Waals surface area contributed by atoms with Crippen molar-refractivity contribution in [1.29, 1.82) is 0 Å². The number of aliphatic hydroxyl groups is 1. The van der Waals surface area contributed by atoms with Crippen LogP contribution in [0.4, 0.5) is 0 Å². The second kappa shape index (κ2) is 10.5. The number of rotatable bonds is 7. The minimum atomic E-state index is -2.38. The molecule has 1 atom stereocenters. The first-order valence-electron chi connectivity index (χ1n) is 6.89. The minimum absolute atomic E-state index is 0.0353. The third-order valence-corrected chi connectivity index (χ3v) is 2.22. The molecule has 0 aromatic heterocycles. The molecule has 0 saturated carbocycles. The van der Waals surface area contributed by atoms with Crippen LogP contribution < -0.4 is 16.9 Å². The summed E-state index contributed by atoms with van der Waals surface area (Å²) in [6, 6.07) is 0. The Kier molecular flexibility index (Phi) is 10.5. The lowest BCUT2D eigenvalue weighted by atomic mass is 10.1. The lowest BCUT2D eigenvalue weighted by Crippen LogP contribution is -2.48. The van der Waals surface area contributed by atoms with Crippen LogP contribution in [0.25, 0.3) is 0 Å². The number of hydroxylamine groups is 1. The number of hydrogen-bond donors (Lipinski definition) is 6. The molecule has 2 amide bonds. The number of carboxylic acid groups (broad SMARTS) is 1. The highest BCUT2D eigenvalue weighted by molar-refractivity contribution is 5.82. The van der Waals surface area contributed by atoms with Crippen LogP contribution in [0.15, 0.2) is 0 Å². The van der Waals surface area contributed by atoms with Crippen LogP contribution >= 0.6 is 0 Å². The third kappa shape index (κ3) is 14.7. The van der Waals surface area contributed by atoms with Gasteiger partial charge in [0.05, 0.1) is 6.42 Å². The lowest BCUT2D eigenvalue weighted by molar-refractivity contribution is -0.162. The highest BCUT2D eigenvalue weighted by atomic mass is 16.6. The second-order valence-electron chi connectivity index (χ2n) is 5.82. The molecule has 140 valence electrons. The molecule has 0 spiro atoms. The number of carbonyl (C=O) groups is 4. The van der Waals surface area contributed by atoms with E-state index in [1.807, 2.05) is 0 Å². The fraction of sp³-hybridized carbons (Fsp3) is 0.692. The summed E-state index contributed by atoms with van der Waals surface area (Å²) in [5.41, 5.74) is 8.08. The zero-order valence-corrected chi connectivity index (χ0v) is 13.9. The fourth-order valence-electron chi connectivity index (χ4n) is 1.08. The number of esters is 1. The molecule has 0 aromatic carbocycles. The minimum Gasteiger partial charge on any atom is -0.478 e. The largest absolute Gasteiger partial charge is 0.478 e. The summed E-state index contributed by atoms with van der Waals surface area (Å²) < 4.78 is 4.91. The van der Waals surface area contributed by atoms with Gasteiger partial charge in [-0.3, -0.25) is 25.3 Å². The zero-order valence-electron chi connectivity index (χ0n) is 13.9. The molecule has 0 aliphatic carbocycles. The van der Waals surface area contributed by atoms with Gasteiger partial charge in [0.1, 0.15) is 5.60 Å². The Balaban J connectivity index is 0. The topological polar surface area (TPSA) is 202 Å². The summed E-state index contributed by atoms with van der Waals surface area (Å²) in [4.78, 5) is 41.7. The van der Waals surface area contributed by atoms with Gasteiger partial charge in [0.15, 0.2) is 0 Å². The van der Waals surface area contributed by atoms with E-state index in [0.29, 0.717) is 0 Å². The molecule has 0 saturated heterocycles. The van der Waals surface area contributed by atoms with Crippen molar-refractivity contribution < 1.29 is 39.3 Å². The Hall–Kier alpha value is -2.24. The smallest absolute Gasteiger partial charge is 0.351 e. The Labute approximate surface area is 138 Å². The molecule has 0 bridgehead atoms. The van der Waals surface area contributed by atoms with Gasteiger partial charge in [0, 0.05) is 19.3 Å². The zero-order chi connectivity index (χ0) is 19.6. The van der Waals surface area contributed by atoms with Crippen molar-refractivity contribution >= 4 is 23.8 Å². The molecule has 11 heteroatoms. The van der Waals surface area contributed by atoms with Gasteiger partial charge in [-0.25, -0.2) is 10.3 Å². The molecular formula is C13H25N3O8. The number of carbonyl (C=O) groups excluding carboxylic acids is 3. The molecule has 8 N–H and O–H groups in total. The van der Waals surface area contributed by atoms with Gasteiger partial charge in [-0.2, -0.15) is 0 Å². The van der Waals surface area contributed by atoms with Crippen LogP contribution in [0.1, 0.15) is 46.5 Å². The SMILES string of the molecule is CC(C)(C)OC(=O)CCC(N)(O)C(=O)O.NC(=O)CCC(=O)NO. The van der Waals surface area contributed by atoms with Gasteiger partial charge >= 0.3 is 11.9 Å². The van der Waals surface area contributed by atoms with Gasteiger partial charge in [-0.15, -0.1) is 0 Å². The first kappa shape index (κ1) is 24.0. The second-order valence-corrected chi connectivity index (χ2v) is 5.82.